The highest BCUT2D eigenvalue weighted by Crippen LogP contribution is 2.21. The fourth-order valence-electron chi connectivity index (χ4n) is 1.35. The van der Waals surface area contributed by atoms with Crippen LogP contribution < -0.4 is 0 Å². The highest BCUT2D eigenvalue weighted by molar-refractivity contribution is 5.19. The quantitative estimate of drug-likeness (QED) is 0.703. The summed E-state index contributed by atoms with van der Waals surface area (Å²) < 4.78 is 0. The maximum absolute atomic E-state index is 9.82. The Balaban J connectivity index is 2.54. The zero-order valence-electron chi connectivity index (χ0n) is 8.32. The molecule has 1 atom stereocenters. The van der Waals surface area contributed by atoms with Crippen molar-refractivity contribution in [2.75, 3.05) is 0 Å². The predicted octanol–water partition coefficient (Wildman–Crippen LogP) is 3.24. The van der Waals surface area contributed by atoms with Crippen molar-refractivity contribution in [1.29, 1.82) is 0 Å². The molecule has 0 saturated heterocycles. The Labute approximate surface area is 85.4 Å². The minimum Gasteiger partial charge on any atom is -0.388 e. The molecule has 1 heteroatoms. The Hall–Kier alpha value is -1.34. The molecular weight excluding hydrogens is 172 g/mol. The average Bonchev–Trinajstić information content (AvgIpc) is 2.19. The highest BCUT2D eigenvalue weighted by atomic mass is 16.3. The first kappa shape index (κ1) is 10.7. The molecular formula is C13H16O. The molecule has 0 radical (unpaired) electrons. The summed E-state index contributed by atoms with van der Waals surface area (Å²) in [6.45, 7) is 7.52. The molecule has 0 saturated carbocycles. The van der Waals surface area contributed by atoms with Crippen LogP contribution in [0.25, 0.3) is 0 Å². The summed E-state index contributed by atoms with van der Waals surface area (Å²) in [7, 11) is 0. The molecule has 0 aromatic heterocycles. The van der Waals surface area contributed by atoms with E-state index in [9.17, 15) is 5.11 Å². The maximum Gasteiger partial charge on any atom is 0.0827 e. The molecule has 1 N–H and O–H groups in total. The fourth-order valence-corrected chi connectivity index (χ4v) is 1.35. The fraction of sp³-hybridized carbons (Fsp3) is 0.231. The SMILES string of the molecule is C=CCC(=C)CC(O)c1ccccc1. The van der Waals surface area contributed by atoms with Crippen LogP contribution in [0.1, 0.15) is 24.5 Å². The Morgan fingerprint density at radius 2 is 2.00 bits per heavy atom. The van der Waals surface area contributed by atoms with Gasteiger partial charge in [-0.05, 0) is 18.4 Å². The molecule has 0 fully saturated rings. The summed E-state index contributed by atoms with van der Waals surface area (Å²) in [5.41, 5.74) is 1.95. The third-order valence-corrected chi connectivity index (χ3v) is 2.10. The molecule has 0 amide bonds. The Morgan fingerprint density at radius 3 is 2.57 bits per heavy atom. The van der Waals surface area contributed by atoms with E-state index in [0.717, 1.165) is 17.6 Å². The number of benzene rings is 1. The van der Waals surface area contributed by atoms with E-state index in [1.807, 2.05) is 30.3 Å². The summed E-state index contributed by atoms with van der Waals surface area (Å²) in [5, 5.41) is 9.82. The van der Waals surface area contributed by atoms with E-state index in [-0.39, 0.29) is 0 Å². The first-order valence-corrected chi connectivity index (χ1v) is 4.74. The zero-order chi connectivity index (χ0) is 10.4. The van der Waals surface area contributed by atoms with E-state index in [1.54, 1.807) is 6.08 Å². The van der Waals surface area contributed by atoms with Gasteiger partial charge in [-0.1, -0.05) is 48.6 Å². The van der Waals surface area contributed by atoms with Gasteiger partial charge in [0.1, 0.15) is 0 Å². The van der Waals surface area contributed by atoms with Crippen LogP contribution in [0, 0.1) is 0 Å². The molecule has 1 unspecified atom stereocenters. The monoisotopic (exact) mass is 188 g/mol. The van der Waals surface area contributed by atoms with Crippen molar-refractivity contribution >= 4 is 0 Å². The second kappa shape index (κ2) is 5.40. The van der Waals surface area contributed by atoms with Crippen molar-refractivity contribution in [3.8, 4) is 0 Å². The van der Waals surface area contributed by atoms with Gasteiger partial charge < -0.3 is 5.11 Å². The largest absolute Gasteiger partial charge is 0.388 e. The molecule has 14 heavy (non-hydrogen) atoms. The van der Waals surface area contributed by atoms with Crippen LogP contribution in [-0.4, -0.2) is 5.11 Å². The van der Waals surface area contributed by atoms with Crippen molar-refractivity contribution in [3.05, 3.63) is 60.7 Å². The van der Waals surface area contributed by atoms with Crippen molar-refractivity contribution < 1.29 is 5.11 Å². The Bertz CT molecular complexity index is 300. The van der Waals surface area contributed by atoms with Crippen molar-refractivity contribution in [2.24, 2.45) is 0 Å². The van der Waals surface area contributed by atoms with Crippen LogP contribution >= 0.6 is 0 Å². The van der Waals surface area contributed by atoms with E-state index in [4.69, 9.17) is 0 Å². The van der Waals surface area contributed by atoms with Crippen molar-refractivity contribution in [2.45, 2.75) is 18.9 Å². The number of aliphatic hydroxyl groups excluding tert-OH is 1. The molecule has 0 aliphatic heterocycles. The van der Waals surface area contributed by atoms with Crippen LogP contribution in [0.5, 0.6) is 0 Å². The Morgan fingerprint density at radius 1 is 1.36 bits per heavy atom. The lowest BCUT2D eigenvalue weighted by atomic mass is 10.0. The second-order valence-corrected chi connectivity index (χ2v) is 3.37. The number of aliphatic hydroxyl groups is 1. The molecule has 1 aromatic carbocycles. The van der Waals surface area contributed by atoms with Gasteiger partial charge in [0, 0.05) is 0 Å². The Kier molecular flexibility index (Phi) is 4.14. The molecule has 1 aromatic rings. The van der Waals surface area contributed by atoms with Crippen LogP contribution in [0.3, 0.4) is 0 Å². The van der Waals surface area contributed by atoms with Gasteiger partial charge in [0.25, 0.3) is 0 Å². The number of rotatable bonds is 5. The molecule has 1 rings (SSSR count). The molecule has 1 nitrogen and oxygen atoms in total. The normalized spacial score (nSPS) is 12.1. The van der Waals surface area contributed by atoms with Gasteiger partial charge in [0.05, 0.1) is 6.10 Å². The summed E-state index contributed by atoms with van der Waals surface area (Å²) in [5.74, 6) is 0. The number of allylic oxidation sites excluding steroid dienone is 1. The van der Waals surface area contributed by atoms with Gasteiger partial charge >= 0.3 is 0 Å². The lowest BCUT2D eigenvalue weighted by molar-refractivity contribution is 0.178. The van der Waals surface area contributed by atoms with E-state index >= 15 is 0 Å². The minimum absolute atomic E-state index is 0.441. The predicted molar refractivity (Wildman–Crippen MR) is 60.0 cm³/mol. The number of hydrogen-bond acceptors (Lipinski definition) is 1. The van der Waals surface area contributed by atoms with E-state index in [2.05, 4.69) is 13.2 Å². The summed E-state index contributed by atoms with van der Waals surface area (Å²) in [4.78, 5) is 0. The third kappa shape index (κ3) is 3.19. The molecule has 0 aliphatic rings. The number of hydrogen-bond donors (Lipinski definition) is 1. The van der Waals surface area contributed by atoms with Gasteiger partial charge in [-0.15, -0.1) is 6.58 Å². The smallest absolute Gasteiger partial charge is 0.0827 e. The maximum atomic E-state index is 9.82. The van der Waals surface area contributed by atoms with Gasteiger partial charge in [0.2, 0.25) is 0 Å². The first-order valence-electron chi connectivity index (χ1n) is 4.74. The standard InChI is InChI=1S/C13H16O/c1-3-7-11(2)10-13(14)12-8-5-4-6-9-12/h3-6,8-9,13-14H,1-2,7,10H2. The second-order valence-electron chi connectivity index (χ2n) is 3.37. The first-order chi connectivity index (χ1) is 6.74. The van der Waals surface area contributed by atoms with Crippen LogP contribution in [0.2, 0.25) is 0 Å². The van der Waals surface area contributed by atoms with Crippen molar-refractivity contribution in [1.82, 2.24) is 0 Å². The summed E-state index contributed by atoms with van der Waals surface area (Å²) in [6.07, 6.45) is 2.74. The zero-order valence-corrected chi connectivity index (χ0v) is 8.32. The summed E-state index contributed by atoms with van der Waals surface area (Å²) in [6, 6.07) is 9.64. The van der Waals surface area contributed by atoms with Gasteiger partial charge in [-0.2, -0.15) is 0 Å². The van der Waals surface area contributed by atoms with Crippen molar-refractivity contribution in [3.63, 3.8) is 0 Å². The van der Waals surface area contributed by atoms with Crippen LogP contribution in [-0.2, 0) is 0 Å². The van der Waals surface area contributed by atoms with Gasteiger partial charge in [0.15, 0.2) is 0 Å². The average molecular weight is 188 g/mol. The third-order valence-electron chi connectivity index (χ3n) is 2.10. The van der Waals surface area contributed by atoms with E-state index in [0.29, 0.717) is 6.42 Å². The van der Waals surface area contributed by atoms with E-state index < -0.39 is 6.10 Å². The molecule has 74 valence electrons. The summed E-state index contributed by atoms with van der Waals surface area (Å²) >= 11 is 0. The minimum atomic E-state index is -0.441. The van der Waals surface area contributed by atoms with Gasteiger partial charge in [-0.3, -0.25) is 0 Å². The van der Waals surface area contributed by atoms with Crippen LogP contribution in [0.15, 0.2) is 55.1 Å². The molecule has 0 aliphatic carbocycles. The molecule has 0 heterocycles. The van der Waals surface area contributed by atoms with Gasteiger partial charge in [-0.25, -0.2) is 0 Å². The lowest BCUT2D eigenvalue weighted by Crippen LogP contribution is -1.98. The molecule has 0 spiro atoms. The topological polar surface area (TPSA) is 20.2 Å². The lowest BCUT2D eigenvalue weighted by Gasteiger charge is -2.11. The highest BCUT2D eigenvalue weighted by Gasteiger charge is 2.07. The van der Waals surface area contributed by atoms with Crippen LogP contribution in [0.4, 0.5) is 0 Å². The van der Waals surface area contributed by atoms with E-state index in [1.165, 1.54) is 0 Å². The molecule has 0 bridgehead atoms.